The van der Waals surface area contributed by atoms with Crippen molar-refractivity contribution in [2.45, 2.75) is 20.0 Å². The number of anilines is 1. The monoisotopic (exact) mass is 339 g/mol. The highest BCUT2D eigenvalue weighted by molar-refractivity contribution is 5.93. The molecule has 0 spiro atoms. The van der Waals surface area contributed by atoms with E-state index in [2.05, 4.69) is 25.1 Å². The van der Waals surface area contributed by atoms with Gasteiger partial charge in [-0.2, -0.15) is 5.10 Å². The summed E-state index contributed by atoms with van der Waals surface area (Å²) in [6.45, 7) is 7.16. The number of benzene rings is 1. The summed E-state index contributed by atoms with van der Waals surface area (Å²) < 4.78 is 11.2. The van der Waals surface area contributed by atoms with Gasteiger partial charge >= 0.3 is 0 Å². The van der Waals surface area contributed by atoms with Crippen LogP contribution in [0.3, 0.4) is 0 Å². The van der Waals surface area contributed by atoms with Crippen LogP contribution in [-0.4, -0.2) is 52.6 Å². The maximum Gasteiger partial charge on any atom is 0.132 e. The number of rotatable bonds is 4. The number of H-pyrrole nitrogens is 1. The number of ether oxygens (including phenoxy) is 2. The van der Waals surface area contributed by atoms with Gasteiger partial charge in [-0.25, -0.2) is 9.97 Å². The summed E-state index contributed by atoms with van der Waals surface area (Å²) in [5.74, 6) is 1.73. The second-order valence-electron chi connectivity index (χ2n) is 6.31. The number of nitrogens with zero attached hydrogens (tertiary/aromatic N) is 4. The number of fused-ring (bicyclic) bond motifs is 1. The highest BCUT2D eigenvalue weighted by Gasteiger charge is 2.16. The van der Waals surface area contributed by atoms with E-state index in [1.807, 2.05) is 38.1 Å². The van der Waals surface area contributed by atoms with Crippen molar-refractivity contribution in [1.82, 2.24) is 20.2 Å². The van der Waals surface area contributed by atoms with Crippen molar-refractivity contribution < 1.29 is 9.47 Å². The molecule has 1 saturated heterocycles. The van der Waals surface area contributed by atoms with Crippen LogP contribution in [0.2, 0.25) is 0 Å². The van der Waals surface area contributed by atoms with Crippen molar-refractivity contribution in [1.29, 1.82) is 0 Å². The zero-order valence-electron chi connectivity index (χ0n) is 14.4. The Morgan fingerprint density at radius 2 is 2.00 bits per heavy atom. The highest BCUT2D eigenvalue weighted by atomic mass is 16.5. The third kappa shape index (κ3) is 3.28. The molecule has 1 fully saturated rings. The number of aromatic nitrogens is 4. The van der Waals surface area contributed by atoms with E-state index in [-0.39, 0.29) is 6.10 Å². The van der Waals surface area contributed by atoms with Crippen molar-refractivity contribution in [3.63, 3.8) is 0 Å². The Bertz CT molecular complexity index is 871. The zero-order chi connectivity index (χ0) is 17.2. The van der Waals surface area contributed by atoms with Crippen LogP contribution in [0.25, 0.3) is 22.3 Å². The highest BCUT2D eigenvalue weighted by Crippen LogP contribution is 2.29. The van der Waals surface area contributed by atoms with Gasteiger partial charge in [0, 0.05) is 24.5 Å². The molecule has 0 amide bonds. The first-order valence-corrected chi connectivity index (χ1v) is 8.50. The van der Waals surface area contributed by atoms with E-state index in [1.54, 1.807) is 6.33 Å². The molecule has 2 aromatic heterocycles. The van der Waals surface area contributed by atoms with Gasteiger partial charge in [0.1, 0.15) is 17.9 Å². The smallest absolute Gasteiger partial charge is 0.132 e. The molecule has 1 N–H and O–H groups in total. The average Bonchev–Trinajstić information content (AvgIpc) is 3.05. The molecular formula is C18H21N5O2. The Morgan fingerprint density at radius 3 is 2.80 bits per heavy atom. The lowest BCUT2D eigenvalue weighted by molar-refractivity contribution is 0.122. The second-order valence-corrected chi connectivity index (χ2v) is 6.31. The molecule has 0 aliphatic carbocycles. The fourth-order valence-corrected chi connectivity index (χ4v) is 2.98. The zero-order valence-corrected chi connectivity index (χ0v) is 14.4. The molecule has 130 valence electrons. The summed E-state index contributed by atoms with van der Waals surface area (Å²) >= 11 is 0. The molecule has 25 heavy (non-hydrogen) atoms. The summed E-state index contributed by atoms with van der Waals surface area (Å²) in [7, 11) is 0. The Hall–Kier alpha value is -2.67. The summed E-state index contributed by atoms with van der Waals surface area (Å²) in [5.41, 5.74) is 2.58. The number of hydrogen-bond donors (Lipinski definition) is 1. The van der Waals surface area contributed by atoms with Crippen LogP contribution in [0.5, 0.6) is 5.75 Å². The fraction of sp³-hybridized carbons (Fsp3) is 0.389. The van der Waals surface area contributed by atoms with Crippen LogP contribution in [0.1, 0.15) is 13.8 Å². The largest absolute Gasteiger partial charge is 0.491 e. The van der Waals surface area contributed by atoms with Gasteiger partial charge in [0.15, 0.2) is 0 Å². The van der Waals surface area contributed by atoms with Crippen LogP contribution < -0.4 is 9.64 Å². The Kier molecular flexibility index (Phi) is 4.23. The van der Waals surface area contributed by atoms with Gasteiger partial charge in [-0.1, -0.05) is 0 Å². The van der Waals surface area contributed by atoms with Crippen molar-refractivity contribution >= 4 is 16.7 Å². The van der Waals surface area contributed by atoms with Crippen LogP contribution in [0.15, 0.2) is 30.6 Å². The molecular weight excluding hydrogens is 318 g/mol. The lowest BCUT2D eigenvalue weighted by Crippen LogP contribution is -2.36. The van der Waals surface area contributed by atoms with Crippen molar-refractivity contribution in [3.05, 3.63) is 30.6 Å². The minimum atomic E-state index is 0.125. The maximum atomic E-state index is 5.80. The van der Waals surface area contributed by atoms with Gasteiger partial charge in [0.05, 0.1) is 36.2 Å². The van der Waals surface area contributed by atoms with Crippen LogP contribution in [0.4, 0.5) is 5.82 Å². The second kappa shape index (κ2) is 6.68. The van der Waals surface area contributed by atoms with E-state index in [0.717, 1.165) is 60.2 Å². The standard InChI is InChI=1S/C18H21N5O2/c1-12(2)25-13-3-4-15-14(9-13)18(22-21-15)16-10-17(20-11-19-16)23-5-7-24-8-6-23/h3-4,9-12H,5-8H2,1-2H3,(H,21,22). The normalized spacial score (nSPS) is 15.1. The van der Waals surface area contributed by atoms with E-state index in [1.165, 1.54) is 0 Å². The minimum Gasteiger partial charge on any atom is -0.491 e. The average molecular weight is 339 g/mol. The number of morpholine rings is 1. The van der Waals surface area contributed by atoms with E-state index in [4.69, 9.17) is 9.47 Å². The molecule has 0 radical (unpaired) electrons. The van der Waals surface area contributed by atoms with Crippen molar-refractivity contribution in [2.24, 2.45) is 0 Å². The predicted octanol–water partition coefficient (Wildman–Crippen LogP) is 2.64. The third-order valence-corrected chi connectivity index (χ3v) is 4.14. The summed E-state index contributed by atoms with van der Waals surface area (Å²) in [6.07, 6.45) is 1.72. The van der Waals surface area contributed by atoms with Gasteiger partial charge in [0.2, 0.25) is 0 Å². The fourth-order valence-electron chi connectivity index (χ4n) is 2.98. The van der Waals surface area contributed by atoms with Crippen LogP contribution >= 0.6 is 0 Å². The van der Waals surface area contributed by atoms with E-state index in [9.17, 15) is 0 Å². The molecule has 0 bridgehead atoms. The van der Waals surface area contributed by atoms with Crippen molar-refractivity contribution in [2.75, 3.05) is 31.2 Å². The molecule has 0 unspecified atom stereocenters. The van der Waals surface area contributed by atoms with Gasteiger partial charge in [-0.15, -0.1) is 0 Å². The Labute approximate surface area is 146 Å². The summed E-state index contributed by atoms with van der Waals surface area (Å²) in [5, 5.41) is 8.48. The van der Waals surface area contributed by atoms with Crippen LogP contribution in [-0.2, 0) is 4.74 Å². The molecule has 3 heterocycles. The van der Waals surface area contributed by atoms with Gasteiger partial charge in [-0.3, -0.25) is 5.10 Å². The van der Waals surface area contributed by atoms with Crippen LogP contribution in [0, 0.1) is 0 Å². The molecule has 1 aromatic carbocycles. The Morgan fingerprint density at radius 1 is 1.16 bits per heavy atom. The SMILES string of the molecule is CC(C)Oc1ccc2n[nH]c(-c3cc(N4CCOCC4)ncn3)c2c1. The molecule has 4 rings (SSSR count). The quantitative estimate of drug-likeness (QED) is 0.787. The van der Waals surface area contributed by atoms with E-state index in [0.29, 0.717) is 0 Å². The maximum absolute atomic E-state index is 5.80. The van der Waals surface area contributed by atoms with E-state index >= 15 is 0 Å². The number of nitrogens with one attached hydrogen (secondary N) is 1. The molecule has 0 atom stereocenters. The van der Waals surface area contributed by atoms with Gasteiger partial charge < -0.3 is 14.4 Å². The molecule has 0 saturated carbocycles. The lowest BCUT2D eigenvalue weighted by atomic mass is 10.1. The number of aromatic amines is 1. The minimum absolute atomic E-state index is 0.125. The van der Waals surface area contributed by atoms with Gasteiger partial charge in [-0.05, 0) is 32.0 Å². The van der Waals surface area contributed by atoms with E-state index < -0.39 is 0 Å². The molecule has 1 aliphatic heterocycles. The third-order valence-electron chi connectivity index (χ3n) is 4.14. The van der Waals surface area contributed by atoms with Crippen molar-refractivity contribution in [3.8, 4) is 17.1 Å². The van der Waals surface area contributed by atoms with Gasteiger partial charge in [0.25, 0.3) is 0 Å². The lowest BCUT2D eigenvalue weighted by Gasteiger charge is -2.27. The topological polar surface area (TPSA) is 76.2 Å². The molecule has 7 nitrogen and oxygen atoms in total. The predicted molar refractivity (Wildman–Crippen MR) is 95.9 cm³/mol. The summed E-state index contributed by atoms with van der Waals surface area (Å²) in [4.78, 5) is 11.1. The first-order valence-electron chi connectivity index (χ1n) is 8.50. The molecule has 1 aliphatic rings. The first kappa shape index (κ1) is 15.8. The number of hydrogen-bond acceptors (Lipinski definition) is 6. The summed E-state index contributed by atoms with van der Waals surface area (Å²) in [6, 6.07) is 7.89. The Balaban J connectivity index is 1.71. The molecule has 3 aromatic rings. The first-order chi connectivity index (χ1) is 12.2. The molecule has 7 heteroatoms.